The Balaban J connectivity index is 0.00000144. The van der Waals surface area contributed by atoms with Crippen molar-refractivity contribution in [3.8, 4) is 0 Å². The summed E-state index contributed by atoms with van der Waals surface area (Å²) in [4.78, 5) is 19.1. The van der Waals surface area contributed by atoms with Gasteiger partial charge in [-0.2, -0.15) is 0 Å². The van der Waals surface area contributed by atoms with Crippen LogP contribution in [-0.2, 0) is 0 Å². The van der Waals surface area contributed by atoms with Crippen LogP contribution in [-0.4, -0.2) is 43.6 Å². The summed E-state index contributed by atoms with van der Waals surface area (Å²) in [6.45, 7) is 4.98. The van der Waals surface area contributed by atoms with Gasteiger partial charge in [0.05, 0.1) is 5.56 Å². The second kappa shape index (κ2) is 10.7. The molecule has 2 N–H and O–H groups in total. The molecule has 24 heavy (non-hydrogen) atoms. The van der Waals surface area contributed by atoms with Gasteiger partial charge in [0.2, 0.25) is 0 Å². The molecular formula is C17H28Cl2N4O. The predicted octanol–water partition coefficient (Wildman–Crippen LogP) is 2.64. The number of pyridine rings is 1. The summed E-state index contributed by atoms with van der Waals surface area (Å²) in [6.07, 6.45) is 7.73. The maximum atomic E-state index is 12.5. The molecule has 5 nitrogen and oxygen atoms in total. The summed E-state index contributed by atoms with van der Waals surface area (Å²) in [5.74, 6) is 1.55. The first kappa shape index (κ1) is 21.0. The summed E-state index contributed by atoms with van der Waals surface area (Å²) in [5, 5.41) is 6.50. The molecule has 2 saturated heterocycles. The SMILES string of the molecule is Cl.Cl.O=C(NCCC1CCCNC1)c1cccnc1N1CCCC1. The van der Waals surface area contributed by atoms with Gasteiger partial charge in [-0.15, -0.1) is 24.8 Å². The largest absolute Gasteiger partial charge is 0.356 e. The van der Waals surface area contributed by atoms with Crippen LogP contribution in [0, 0.1) is 5.92 Å². The zero-order valence-corrected chi connectivity index (χ0v) is 15.6. The van der Waals surface area contributed by atoms with Gasteiger partial charge in [-0.25, -0.2) is 4.98 Å². The Morgan fingerprint density at radius 1 is 1.29 bits per heavy atom. The van der Waals surface area contributed by atoms with Crippen molar-refractivity contribution in [1.82, 2.24) is 15.6 Å². The van der Waals surface area contributed by atoms with E-state index in [1.54, 1.807) is 6.20 Å². The summed E-state index contributed by atoms with van der Waals surface area (Å²) in [7, 11) is 0. The Labute approximate surface area is 156 Å². The number of hydrogen-bond acceptors (Lipinski definition) is 4. The number of carbonyl (C=O) groups is 1. The Hall–Kier alpha value is -1.04. The van der Waals surface area contributed by atoms with E-state index < -0.39 is 0 Å². The van der Waals surface area contributed by atoms with Crippen molar-refractivity contribution in [3.05, 3.63) is 23.9 Å². The number of nitrogens with one attached hydrogen (secondary N) is 2. The van der Waals surface area contributed by atoms with Gasteiger partial charge < -0.3 is 15.5 Å². The maximum absolute atomic E-state index is 12.5. The third kappa shape index (κ3) is 5.50. The Morgan fingerprint density at radius 3 is 2.79 bits per heavy atom. The minimum atomic E-state index is 0. The molecule has 2 aliphatic heterocycles. The van der Waals surface area contributed by atoms with E-state index in [9.17, 15) is 4.79 Å². The first-order chi connectivity index (χ1) is 10.8. The van der Waals surface area contributed by atoms with Crippen LogP contribution in [0.15, 0.2) is 18.3 Å². The second-order valence-corrected chi connectivity index (χ2v) is 6.33. The lowest BCUT2D eigenvalue weighted by Crippen LogP contribution is -2.33. The Bertz CT molecular complexity index is 503. The van der Waals surface area contributed by atoms with Crippen LogP contribution in [0.25, 0.3) is 0 Å². The van der Waals surface area contributed by atoms with Crippen LogP contribution in [0.4, 0.5) is 5.82 Å². The number of piperidine rings is 1. The van der Waals surface area contributed by atoms with Crippen molar-refractivity contribution in [1.29, 1.82) is 0 Å². The summed E-state index contributed by atoms with van der Waals surface area (Å²) in [5.41, 5.74) is 0.714. The summed E-state index contributed by atoms with van der Waals surface area (Å²) >= 11 is 0. The topological polar surface area (TPSA) is 57.3 Å². The Morgan fingerprint density at radius 2 is 2.08 bits per heavy atom. The molecule has 136 valence electrons. The third-order valence-corrected chi connectivity index (χ3v) is 4.67. The molecule has 1 aromatic heterocycles. The van der Waals surface area contributed by atoms with Crippen molar-refractivity contribution in [2.24, 2.45) is 5.92 Å². The van der Waals surface area contributed by atoms with E-state index in [0.29, 0.717) is 11.5 Å². The van der Waals surface area contributed by atoms with Crippen LogP contribution in [0.1, 0.15) is 42.5 Å². The number of carbonyl (C=O) groups excluding carboxylic acids is 1. The highest BCUT2D eigenvalue weighted by Crippen LogP contribution is 2.22. The molecule has 0 radical (unpaired) electrons. The average molecular weight is 375 g/mol. The van der Waals surface area contributed by atoms with Crippen LogP contribution in [0.2, 0.25) is 0 Å². The van der Waals surface area contributed by atoms with E-state index in [0.717, 1.165) is 45.0 Å². The van der Waals surface area contributed by atoms with E-state index in [1.165, 1.54) is 25.7 Å². The minimum absolute atomic E-state index is 0. The van der Waals surface area contributed by atoms with Gasteiger partial charge in [-0.05, 0) is 63.2 Å². The fraction of sp³-hybridized carbons (Fsp3) is 0.647. The van der Waals surface area contributed by atoms with Gasteiger partial charge in [-0.1, -0.05) is 0 Å². The molecular weight excluding hydrogens is 347 g/mol. The van der Waals surface area contributed by atoms with Gasteiger partial charge in [-0.3, -0.25) is 4.79 Å². The van der Waals surface area contributed by atoms with E-state index in [2.05, 4.69) is 20.5 Å². The van der Waals surface area contributed by atoms with Crippen molar-refractivity contribution in [2.75, 3.05) is 37.6 Å². The van der Waals surface area contributed by atoms with E-state index in [1.807, 2.05) is 12.1 Å². The number of anilines is 1. The summed E-state index contributed by atoms with van der Waals surface area (Å²) < 4.78 is 0. The molecule has 1 amide bonds. The molecule has 0 bridgehead atoms. The highest BCUT2D eigenvalue weighted by Gasteiger charge is 2.20. The zero-order valence-electron chi connectivity index (χ0n) is 14.0. The van der Waals surface area contributed by atoms with Gasteiger partial charge >= 0.3 is 0 Å². The molecule has 0 aromatic carbocycles. The second-order valence-electron chi connectivity index (χ2n) is 6.33. The Kier molecular flexibility index (Phi) is 9.41. The number of rotatable bonds is 5. The number of amides is 1. The predicted molar refractivity (Wildman–Crippen MR) is 103 cm³/mol. The highest BCUT2D eigenvalue weighted by atomic mass is 35.5. The van der Waals surface area contributed by atoms with Crippen molar-refractivity contribution in [3.63, 3.8) is 0 Å². The van der Waals surface area contributed by atoms with E-state index in [-0.39, 0.29) is 30.7 Å². The number of aromatic nitrogens is 1. The van der Waals surface area contributed by atoms with Gasteiger partial charge in [0.15, 0.2) is 0 Å². The standard InChI is InChI=1S/C17H26N4O.2ClH/c22-17(20-10-7-14-5-3-8-18-13-14)15-6-4-9-19-16(15)21-11-1-2-12-21;;/h4,6,9,14,18H,1-3,5,7-8,10-13H2,(H,20,22);2*1H. The molecule has 0 spiro atoms. The summed E-state index contributed by atoms with van der Waals surface area (Å²) in [6, 6.07) is 3.73. The first-order valence-electron chi connectivity index (χ1n) is 8.53. The van der Waals surface area contributed by atoms with Crippen LogP contribution in [0.3, 0.4) is 0 Å². The molecule has 0 aliphatic carbocycles. The molecule has 1 unspecified atom stereocenters. The molecule has 7 heteroatoms. The molecule has 1 atom stereocenters. The minimum Gasteiger partial charge on any atom is -0.356 e. The van der Waals surface area contributed by atoms with Gasteiger partial charge in [0, 0.05) is 25.8 Å². The number of hydrogen-bond donors (Lipinski definition) is 2. The fourth-order valence-electron chi connectivity index (χ4n) is 3.41. The van der Waals surface area contributed by atoms with Crippen LogP contribution in [0.5, 0.6) is 0 Å². The van der Waals surface area contributed by atoms with Gasteiger partial charge in [0.25, 0.3) is 5.91 Å². The molecule has 1 aromatic rings. The third-order valence-electron chi connectivity index (χ3n) is 4.67. The fourth-order valence-corrected chi connectivity index (χ4v) is 3.41. The highest BCUT2D eigenvalue weighted by molar-refractivity contribution is 5.98. The smallest absolute Gasteiger partial charge is 0.255 e. The molecule has 3 rings (SSSR count). The monoisotopic (exact) mass is 374 g/mol. The van der Waals surface area contributed by atoms with Crippen LogP contribution >= 0.6 is 24.8 Å². The molecule has 2 aliphatic rings. The lowest BCUT2D eigenvalue weighted by molar-refractivity contribution is 0.0951. The van der Waals surface area contributed by atoms with Crippen molar-refractivity contribution >= 4 is 36.5 Å². The van der Waals surface area contributed by atoms with Gasteiger partial charge in [0.1, 0.15) is 5.82 Å². The normalized spacial score (nSPS) is 20.0. The number of halogens is 2. The zero-order chi connectivity index (χ0) is 15.2. The van der Waals surface area contributed by atoms with Crippen molar-refractivity contribution < 1.29 is 4.79 Å². The first-order valence-corrected chi connectivity index (χ1v) is 8.53. The van der Waals surface area contributed by atoms with E-state index in [4.69, 9.17) is 0 Å². The quantitative estimate of drug-likeness (QED) is 0.831. The number of nitrogens with zero attached hydrogens (tertiary/aromatic N) is 2. The lowest BCUT2D eigenvalue weighted by Gasteiger charge is -2.23. The van der Waals surface area contributed by atoms with Crippen LogP contribution < -0.4 is 15.5 Å². The maximum Gasteiger partial charge on any atom is 0.255 e. The molecule has 3 heterocycles. The average Bonchev–Trinajstić information content (AvgIpc) is 3.10. The van der Waals surface area contributed by atoms with E-state index >= 15 is 0 Å². The van der Waals surface area contributed by atoms with Crippen molar-refractivity contribution in [2.45, 2.75) is 32.1 Å². The lowest BCUT2D eigenvalue weighted by atomic mass is 9.96. The molecule has 2 fully saturated rings. The molecule has 0 saturated carbocycles.